The molecule has 1 unspecified atom stereocenters. The Balaban J connectivity index is 2.09. The summed E-state index contributed by atoms with van der Waals surface area (Å²) in [6.45, 7) is 2.13. The van der Waals surface area contributed by atoms with Crippen LogP contribution in [0.25, 0.3) is 0 Å². The molecule has 84 valence electrons. The molecule has 0 radical (unpaired) electrons. The summed E-state index contributed by atoms with van der Waals surface area (Å²) in [6.07, 6.45) is 1.43. The fourth-order valence-corrected chi connectivity index (χ4v) is 3.50. The normalized spacial score (nSPS) is 25.2. The third kappa shape index (κ3) is 1.44. The SMILES string of the molecule is CN1CCCN2C(=N)Sc3ccccc3C12. The van der Waals surface area contributed by atoms with Gasteiger partial charge < -0.3 is 4.90 Å². The minimum Gasteiger partial charge on any atom is -0.331 e. The van der Waals surface area contributed by atoms with E-state index in [9.17, 15) is 0 Å². The van der Waals surface area contributed by atoms with E-state index in [2.05, 4.69) is 41.1 Å². The molecule has 1 saturated heterocycles. The van der Waals surface area contributed by atoms with Crippen molar-refractivity contribution >= 4 is 16.9 Å². The molecule has 0 bridgehead atoms. The zero-order valence-corrected chi connectivity index (χ0v) is 10.1. The van der Waals surface area contributed by atoms with Crippen LogP contribution in [0.2, 0.25) is 0 Å². The highest BCUT2D eigenvalue weighted by molar-refractivity contribution is 8.13. The first-order valence-corrected chi connectivity index (χ1v) is 6.41. The summed E-state index contributed by atoms with van der Waals surface area (Å²) in [4.78, 5) is 5.79. The lowest BCUT2D eigenvalue weighted by Gasteiger charge is -2.46. The van der Waals surface area contributed by atoms with Crippen LogP contribution in [-0.2, 0) is 0 Å². The summed E-state index contributed by atoms with van der Waals surface area (Å²) in [6, 6.07) is 8.45. The van der Waals surface area contributed by atoms with Crippen molar-refractivity contribution in [1.82, 2.24) is 9.80 Å². The Kier molecular flexibility index (Phi) is 2.41. The largest absolute Gasteiger partial charge is 0.331 e. The first kappa shape index (κ1) is 10.2. The van der Waals surface area contributed by atoms with Crippen LogP contribution in [0.3, 0.4) is 0 Å². The van der Waals surface area contributed by atoms with E-state index in [-0.39, 0.29) is 6.17 Å². The molecular formula is C12H15N3S. The van der Waals surface area contributed by atoms with Crippen molar-refractivity contribution in [3.05, 3.63) is 29.8 Å². The van der Waals surface area contributed by atoms with E-state index in [0.29, 0.717) is 5.17 Å². The van der Waals surface area contributed by atoms with Crippen LogP contribution in [-0.4, -0.2) is 35.1 Å². The van der Waals surface area contributed by atoms with Crippen molar-refractivity contribution in [2.24, 2.45) is 0 Å². The molecule has 0 amide bonds. The highest BCUT2D eigenvalue weighted by atomic mass is 32.2. The lowest BCUT2D eigenvalue weighted by molar-refractivity contribution is 0.0733. The van der Waals surface area contributed by atoms with E-state index >= 15 is 0 Å². The number of hydrogen-bond acceptors (Lipinski definition) is 3. The average Bonchev–Trinajstić information content (AvgIpc) is 2.30. The molecule has 1 fully saturated rings. The Morgan fingerprint density at radius 3 is 3.00 bits per heavy atom. The first-order valence-electron chi connectivity index (χ1n) is 5.59. The monoisotopic (exact) mass is 233 g/mol. The molecule has 1 aromatic carbocycles. The quantitative estimate of drug-likeness (QED) is 0.746. The summed E-state index contributed by atoms with van der Waals surface area (Å²) in [5.74, 6) is 0. The van der Waals surface area contributed by atoms with Crippen LogP contribution in [0.5, 0.6) is 0 Å². The van der Waals surface area contributed by atoms with Crippen LogP contribution in [0.4, 0.5) is 0 Å². The Morgan fingerprint density at radius 2 is 2.12 bits per heavy atom. The molecule has 3 rings (SSSR count). The summed E-state index contributed by atoms with van der Waals surface area (Å²) in [7, 11) is 2.15. The minimum absolute atomic E-state index is 0.277. The van der Waals surface area contributed by atoms with E-state index in [1.165, 1.54) is 10.5 Å². The predicted octanol–water partition coefficient (Wildman–Crippen LogP) is 2.36. The second-order valence-electron chi connectivity index (χ2n) is 4.35. The molecule has 3 nitrogen and oxygen atoms in total. The predicted molar refractivity (Wildman–Crippen MR) is 66.7 cm³/mol. The molecule has 0 aliphatic carbocycles. The van der Waals surface area contributed by atoms with E-state index in [1.54, 1.807) is 11.8 Å². The smallest absolute Gasteiger partial charge is 0.162 e. The van der Waals surface area contributed by atoms with Gasteiger partial charge in [-0.3, -0.25) is 10.3 Å². The van der Waals surface area contributed by atoms with Gasteiger partial charge >= 0.3 is 0 Å². The molecule has 0 spiro atoms. The van der Waals surface area contributed by atoms with Gasteiger partial charge in [0.25, 0.3) is 0 Å². The highest BCUT2D eigenvalue weighted by Gasteiger charge is 2.35. The lowest BCUT2D eigenvalue weighted by atomic mass is 10.1. The number of rotatable bonds is 0. The zero-order valence-electron chi connectivity index (χ0n) is 9.31. The summed E-state index contributed by atoms with van der Waals surface area (Å²) >= 11 is 1.58. The van der Waals surface area contributed by atoms with Gasteiger partial charge in [-0.1, -0.05) is 30.0 Å². The summed E-state index contributed by atoms with van der Waals surface area (Å²) < 4.78 is 0. The molecule has 4 heteroatoms. The molecule has 2 aliphatic heterocycles. The average molecular weight is 233 g/mol. The van der Waals surface area contributed by atoms with E-state index in [1.807, 2.05) is 0 Å². The summed E-state index contributed by atoms with van der Waals surface area (Å²) in [5.41, 5.74) is 1.35. The number of fused-ring (bicyclic) bond motifs is 3. The number of hydrogen-bond donors (Lipinski definition) is 1. The lowest BCUT2D eigenvalue weighted by Crippen LogP contribution is -2.49. The number of thioether (sulfide) groups is 1. The van der Waals surface area contributed by atoms with Crippen molar-refractivity contribution in [3.8, 4) is 0 Å². The Morgan fingerprint density at radius 1 is 1.31 bits per heavy atom. The van der Waals surface area contributed by atoms with Crippen molar-refractivity contribution in [2.75, 3.05) is 20.1 Å². The molecule has 0 saturated carbocycles. The Labute approximate surface area is 99.9 Å². The van der Waals surface area contributed by atoms with Gasteiger partial charge in [0, 0.05) is 23.5 Å². The van der Waals surface area contributed by atoms with Crippen LogP contribution in [0.1, 0.15) is 18.2 Å². The van der Waals surface area contributed by atoms with Gasteiger partial charge in [0.15, 0.2) is 5.17 Å². The van der Waals surface area contributed by atoms with E-state index in [4.69, 9.17) is 5.41 Å². The van der Waals surface area contributed by atoms with Crippen molar-refractivity contribution in [2.45, 2.75) is 17.5 Å². The fourth-order valence-electron chi connectivity index (χ4n) is 2.54. The Hall–Kier alpha value is -1.00. The Bertz CT molecular complexity index is 432. The first-order chi connectivity index (χ1) is 7.77. The van der Waals surface area contributed by atoms with Crippen LogP contribution in [0, 0.1) is 5.41 Å². The topological polar surface area (TPSA) is 30.3 Å². The van der Waals surface area contributed by atoms with Gasteiger partial charge in [0.1, 0.15) is 6.17 Å². The van der Waals surface area contributed by atoms with Gasteiger partial charge in [0.2, 0.25) is 0 Å². The molecule has 16 heavy (non-hydrogen) atoms. The van der Waals surface area contributed by atoms with Gasteiger partial charge in [0.05, 0.1) is 0 Å². The van der Waals surface area contributed by atoms with E-state index in [0.717, 1.165) is 19.5 Å². The zero-order chi connectivity index (χ0) is 11.1. The van der Waals surface area contributed by atoms with E-state index < -0.39 is 0 Å². The van der Waals surface area contributed by atoms with Crippen molar-refractivity contribution in [3.63, 3.8) is 0 Å². The number of benzene rings is 1. The van der Waals surface area contributed by atoms with Crippen molar-refractivity contribution < 1.29 is 0 Å². The van der Waals surface area contributed by atoms with Crippen LogP contribution < -0.4 is 0 Å². The number of nitrogens with zero attached hydrogens (tertiary/aromatic N) is 2. The third-order valence-electron chi connectivity index (χ3n) is 3.29. The maximum absolute atomic E-state index is 8.10. The molecule has 2 aliphatic rings. The molecule has 1 atom stereocenters. The van der Waals surface area contributed by atoms with Gasteiger partial charge in [-0.2, -0.15) is 0 Å². The molecule has 1 aromatic rings. The third-order valence-corrected chi connectivity index (χ3v) is 4.31. The second kappa shape index (κ2) is 3.79. The molecule has 1 N–H and O–H groups in total. The number of nitrogens with one attached hydrogen (secondary N) is 1. The molecule has 2 heterocycles. The van der Waals surface area contributed by atoms with Gasteiger partial charge in [-0.15, -0.1) is 0 Å². The summed E-state index contributed by atoms with van der Waals surface area (Å²) in [5, 5.41) is 8.79. The maximum Gasteiger partial charge on any atom is 0.162 e. The maximum atomic E-state index is 8.10. The minimum atomic E-state index is 0.277. The van der Waals surface area contributed by atoms with Gasteiger partial charge in [-0.25, -0.2) is 0 Å². The highest BCUT2D eigenvalue weighted by Crippen LogP contribution is 2.41. The van der Waals surface area contributed by atoms with Gasteiger partial charge in [-0.05, 0) is 19.5 Å². The number of amidine groups is 1. The van der Waals surface area contributed by atoms with Crippen LogP contribution in [0.15, 0.2) is 29.2 Å². The molecule has 0 aromatic heterocycles. The second-order valence-corrected chi connectivity index (χ2v) is 5.38. The van der Waals surface area contributed by atoms with Crippen LogP contribution >= 0.6 is 11.8 Å². The van der Waals surface area contributed by atoms with Crippen molar-refractivity contribution in [1.29, 1.82) is 5.41 Å². The standard InChI is InChI=1S/C12H15N3S/c1-14-7-4-8-15-11(14)9-5-2-3-6-10(9)16-12(15)13/h2-3,5-6,11,13H,4,7-8H2,1H3. The fraction of sp³-hybridized carbons (Fsp3) is 0.417. The molecular weight excluding hydrogens is 218 g/mol.